The maximum Gasteiger partial charge on any atom is 0.265 e. The Bertz CT molecular complexity index is 1290. The molecule has 2 amide bonds. The zero-order valence-electron chi connectivity index (χ0n) is 22.0. The number of rotatable bonds is 9. The molecule has 0 unspecified atom stereocenters. The fourth-order valence-corrected chi connectivity index (χ4v) is 3.95. The molecule has 0 saturated heterocycles. The van der Waals surface area contributed by atoms with Gasteiger partial charge in [-0.2, -0.15) is 0 Å². The van der Waals surface area contributed by atoms with Crippen LogP contribution < -0.4 is 20.1 Å². The molecular weight excluding hydrogens is 476 g/mol. The maximum atomic E-state index is 12.7. The maximum absolute atomic E-state index is 12.7. The first-order chi connectivity index (χ1) is 18.3. The van der Waals surface area contributed by atoms with E-state index in [1.807, 2.05) is 111 Å². The zero-order valence-corrected chi connectivity index (χ0v) is 22.0. The molecule has 4 aromatic rings. The number of nitrogens with one attached hydrogen (secondary N) is 2. The molecule has 0 heterocycles. The Hall–Kier alpha value is -4.58. The van der Waals surface area contributed by atoms with Crippen LogP contribution in [0, 0.1) is 13.8 Å². The number of aryl methyl sites for hydroxylation is 2. The molecule has 0 aliphatic heterocycles. The van der Waals surface area contributed by atoms with E-state index in [0.717, 1.165) is 33.6 Å². The van der Waals surface area contributed by atoms with Gasteiger partial charge in [0.25, 0.3) is 11.8 Å². The Balaban J connectivity index is 1.39. The summed E-state index contributed by atoms with van der Waals surface area (Å²) in [4.78, 5) is 25.3. The second-order valence-electron chi connectivity index (χ2n) is 9.18. The van der Waals surface area contributed by atoms with Crippen molar-refractivity contribution < 1.29 is 19.1 Å². The van der Waals surface area contributed by atoms with Crippen molar-refractivity contribution in [2.75, 3.05) is 10.6 Å². The monoisotopic (exact) mass is 508 g/mol. The number of carbonyl (C=O) groups is 2. The quantitative estimate of drug-likeness (QED) is 0.261. The van der Waals surface area contributed by atoms with Crippen molar-refractivity contribution in [1.29, 1.82) is 0 Å². The SMILES string of the molecule is Cc1cc(-c2ccc(NC(=O)[C@H](C)Oc3ccccc3)c(C)c2)ccc1NC(=O)[C@H](C)Oc1ccccc1. The van der Waals surface area contributed by atoms with Gasteiger partial charge in [0.2, 0.25) is 0 Å². The highest BCUT2D eigenvalue weighted by Gasteiger charge is 2.17. The Labute approximate surface area is 223 Å². The van der Waals surface area contributed by atoms with Crippen molar-refractivity contribution in [1.82, 2.24) is 0 Å². The molecule has 2 N–H and O–H groups in total. The highest BCUT2D eigenvalue weighted by molar-refractivity contribution is 5.96. The van der Waals surface area contributed by atoms with Crippen LogP contribution in [0.4, 0.5) is 11.4 Å². The van der Waals surface area contributed by atoms with Gasteiger partial charge < -0.3 is 20.1 Å². The van der Waals surface area contributed by atoms with Gasteiger partial charge >= 0.3 is 0 Å². The predicted octanol–water partition coefficient (Wildman–Crippen LogP) is 6.78. The second-order valence-corrected chi connectivity index (χ2v) is 9.18. The lowest BCUT2D eigenvalue weighted by Gasteiger charge is -2.17. The van der Waals surface area contributed by atoms with Crippen molar-refractivity contribution in [3.63, 3.8) is 0 Å². The predicted molar refractivity (Wildman–Crippen MR) is 152 cm³/mol. The molecule has 0 fully saturated rings. The van der Waals surface area contributed by atoms with Gasteiger partial charge in [0.1, 0.15) is 11.5 Å². The largest absolute Gasteiger partial charge is 0.481 e. The molecule has 4 aromatic carbocycles. The average Bonchev–Trinajstić information content (AvgIpc) is 2.92. The van der Waals surface area contributed by atoms with Crippen LogP contribution in [0.2, 0.25) is 0 Å². The lowest BCUT2D eigenvalue weighted by Crippen LogP contribution is -2.30. The van der Waals surface area contributed by atoms with Crippen LogP contribution in [-0.2, 0) is 9.59 Å². The van der Waals surface area contributed by atoms with E-state index in [0.29, 0.717) is 11.5 Å². The minimum Gasteiger partial charge on any atom is -0.481 e. The fourth-order valence-electron chi connectivity index (χ4n) is 3.95. The van der Waals surface area contributed by atoms with Gasteiger partial charge in [0.05, 0.1) is 0 Å². The Morgan fingerprint density at radius 1 is 0.579 bits per heavy atom. The third kappa shape index (κ3) is 6.79. The minimum absolute atomic E-state index is 0.217. The number of benzene rings is 4. The van der Waals surface area contributed by atoms with Gasteiger partial charge in [0, 0.05) is 11.4 Å². The number of carbonyl (C=O) groups excluding carboxylic acids is 2. The number of anilines is 2. The van der Waals surface area contributed by atoms with Gasteiger partial charge in [-0.15, -0.1) is 0 Å². The summed E-state index contributed by atoms with van der Waals surface area (Å²) in [5.74, 6) is 0.864. The van der Waals surface area contributed by atoms with Crippen LogP contribution in [0.15, 0.2) is 97.1 Å². The molecule has 0 spiro atoms. The Kier molecular flexibility index (Phi) is 8.44. The van der Waals surface area contributed by atoms with Crippen molar-refractivity contribution >= 4 is 23.2 Å². The van der Waals surface area contributed by atoms with Gasteiger partial charge in [-0.3, -0.25) is 9.59 Å². The fraction of sp³-hybridized carbons (Fsp3) is 0.188. The van der Waals surface area contributed by atoms with Gasteiger partial charge in [0.15, 0.2) is 12.2 Å². The van der Waals surface area contributed by atoms with E-state index in [1.54, 1.807) is 13.8 Å². The molecular formula is C32H32N2O4. The smallest absolute Gasteiger partial charge is 0.265 e. The third-order valence-electron chi connectivity index (χ3n) is 6.15. The van der Waals surface area contributed by atoms with Crippen LogP contribution in [0.25, 0.3) is 11.1 Å². The lowest BCUT2D eigenvalue weighted by molar-refractivity contribution is -0.122. The summed E-state index contributed by atoms with van der Waals surface area (Å²) in [6.07, 6.45) is -1.27. The van der Waals surface area contributed by atoms with Crippen LogP contribution in [0.1, 0.15) is 25.0 Å². The van der Waals surface area contributed by atoms with E-state index < -0.39 is 12.2 Å². The van der Waals surface area contributed by atoms with Crippen molar-refractivity contribution in [3.8, 4) is 22.6 Å². The van der Waals surface area contributed by atoms with Gasteiger partial charge in [-0.1, -0.05) is 48.5 Å². The summed E-state index contributed by atoms with van der Waals surface area (Å²) in [6.45, 7) is 7.36. The molecule has 4 rings (SSSR count). The van der Waals surface area contributed by atoms with Crippen molar-refractivity contribution in [3.05, 3.63) is 108 Å². The number of para-hydroxylation sites is 2. The molecule has 0 aliphatic carbocycles. The normalized spacial score (nSPS) is 12.2. The Morgan fingerprint density at radius 3 is 1.29 bits per heavy atom. The van der Waals surface area contributed by atoms with E-state index in [-0.39, 0.29) is 11.8 Å². The summed E-state index contributed by atoms with van der Waals surface area (Å²) >= 11 is 0. The summed E-state index contributed by atoms with van der Waals surface area (Å²) in [5, 5.41) is 5.91. The first kappa shape index (κ1) is 26.5. The third-order valence-corrected chi connectivity index (χ3v) is 6.15. The van der Waals surface area contributed by atoms with Gasteiger partial charge in [-0.05, 0) is 98.5 Å². The summed E-state index contributed by atoms with van der Waals surface area (Å²) in [6, 6.07) is 30.3. The number of hydrogen-bond donors (Lipinski definition) is 2. The molecule has 0 radical (unpaired) electrons. The first-order valence-corrected chi connectivity index (χ1v) is 12.6. The van der Waals surface area contributed by atoms with Crippen LogP contribution in [0.5, 0.6) is 11.5 Å². The molecule has 6 heteroatoms. The summed E-state index contributed by atoms with van der Waals surface area (Å²) in [5.41, 5.74) is 5.35. The molecule has 0 aromatic heterocycles. The molecule has 0 saturated carbocycles. The minimum atomic E-state index is -0.636. The topological polar surface area (TPSA) is 76.7 Å². The highest BCUT2D eigenvalue weighted by atomic mass is 16.5. The van der Waals surface area contributed by atoms with Crippen molar-refractivity contribution in [2.24, 2.45) is 0 Å². The average molecular weight is 509 g/mol. The summed E-state index contributed by atoms with van der Waals surface area (Å²) < 4.78 is 11.5. The van der Waals surface area contributed by atoms with Gasteiger partial charge in [-0.25, -0.2) is 0 Å². The van der Waals surface area contributed by atoms with E-state index in [9.17, 15) is 9.59 Å². The number of ether oxygens (including phenoxy) is 2. The molecule has 2 atom stereocenters. The van der Waals surface area contributed by atoms with E-state index in [4.69, 9.17) is 9.47 Å². The van der Waals surface area contributed by atoms with E-state index in [1.165, 1.54) is 0 Å². The molecule has 0 aliphatic rings. The molecule has 0 bridgehead atoms. The van der Waals surface area contributed by atoms with Crippen molar-refractivity contribution in [2.45, 2.75) is 39.9 Å². The van der Waals surface area contributed by atoms with Crippen LogP contribution in [0.3, 0.4) is 0 Å². The van der Waals surface area contributed by atoms with Crippen LogP contribution in [-0.4, -0.2) is 24.0 Å². The van der Waals surface area contributed by atoms with E-state index >= 15 is 0 Å². The zero-order chi connectivity index (χ0) is 27.1. The highest BCUT2D eigenvalue weighted by Crippen LogP contribution is 2.28. The standard InChI is InChI=1S/C32H32N2O4/c1-21-19-25(15-17-29(21)33-31(35)23(3)37-27-11-7-5-8-12-27)26-16-18-30(22(2)20-26)34-32(36)24(4)38-28-13-9-6-10-14-28/h5-20,23-24H,1-4H3,(H,33,35)(H,34,36)/t23-,24-/m0/s1. The first-order valence-electron chi connectivity index (χ1n) is 12.6. The number of hydrogen-bond acceptors (Lipinski definition) is 4. The molecule has 194 valence electrons. The lowest BCUT2D eigenvalue weighted by atomic mass is 9.99. The van der Waals surface area contributed by atoms with E-state index in [2.05, 4.69) is 10.6 Å². The Morgan fingerprint density at radius 2 is 0.947 bits per heavy atom. The summed E-state index contributed by atoms with van der Waals surface area (Å²) in [7, 11) is 0. The molecule has 38 heavy (non-hydrogen) atoms. The molecule has 6 nitrogen and oxygen atoms in total. The second kappa shape index (κ2) is 12.1. The number of amides is 2. The van der Waals surface area contributed by atoms with Crippen LogP contribution >= 0.6 is 0 Å².